The molecule has 2 unspecified atom stereocenters. The Morgan fingerprint density at radius 3 is 0.806 bits per heavy atom. The number of hydrogen-bond donors (Lipinski definition) is 3. The molecule has 1 amide bonds. The van der Waals surface area contributed by atoms with Gasteiger partial charge in [-0.1, -0.05) is 448 Å². The van der Waals surface area contributed by atoms with Crippen molar-refractivity contribution in [1.29, 1.82) is 0 Å². The molecule has 0 aliphatic carbocycles. The molecule has 0 saturated carbocycles. The number of amides is 1. The molecule has 0 saturated heterocycles. The fourth-order valence-electron chi connectivity index (χ4n) is 14.3. The molecule has 0 aliphatic heterocycles. The van der Waals surface area contributed by atoms with E-state index in [2.05, 4.69) is 55.6 Å². The van der Waals surface area contributed by atoms with E-state index in [1.165, 1.54) is 430 Å². The van der Waals surface area contributed by atoms with Crippen molar-refractivity contribution < 1.29 is 24.5 Å². The zero-order valence-corrected chi connectivity index (χ0v) is 66.5. The van der Waals surface area contributed by atoms with Crippen molar-refractivity contribution in [3.8, 4) is 0 Å². The number of nitrogens with one attached hydrogen (secondary N) is 1. The molecule has 3 N–H and O–H groups in total. The number of allylic oxidation sites excluding steroid dienone is 7. The maximum atomic E-state index is 12.6. The molecular formula is C92H175NO5. The molecule has 0 bridgehead atoms. The van der Waals surface area contributed by atoms with Gasteiger partial charge in [0, 0.05) is 12.8 Å². The standard InChI is InChI=1S/C92H175NO5/c1-3-5-7-9-11-13-15-17-19-21-23-24-42-45-49-52-56-60-64-68-72-76-80-84-90(95)89(88-94)93-91(96)85-81-77-73-69-65-61-57-53-50-46-43-40-38-36-34-32-30-28-26-25-27-29-31-33-35-37-39-41-44-47-51-55-59-63-67-71-75-79-83-87-98-92(97)86-82-78-74-70-66-62-58-54-48-22-20-18-16-14-12-10-8-6-4-2/h12,14,18,20,25-26,80,84,89-90,94-95H,3-11,13,15-17,19,21-24,27-79,81-83,85-88H2,1-2H3,(H,93,96)/b14-12-,20-18-,26-25-,84-80+. The molecule has 98 heavy (non-hydrogen) atoms. The van der Waals surface area contributed by atoms with E-state index in [9.17, 15) is 19.8 Å². The summed E-state index contributed by atoms with van der Waals surface area (Å²) < 4.78 is 5.52. The second kappa shape index (κ2) is 87.2. The van der Waals surface area contributed by atoms with Crippen molar-refractivity contribution >= 4 is 11.9 Å². The normalized spacial score (nSPS) is 12.7. The highest BCUT2D eigenvalue weighted by atomic mass is 16.5. The summed E-state index contributed by atoms with van der Waals surface area (Å²) in [6.07, 6.45) is 117. The van der Waals surface area contributed by atoms with Crippen LogP contribution in [-0.4, -0.2) is 47.4 Å². The molecular weight excluding hydrogens is 1200 g/mol. The van der Waals surface area contributed by atoms with E-state index < -0.39 is 12.1 Å². The summed E-state index contributed by atoms with van der Waals surface area (Å²) in [4.78, 5) is 24.7. The van der Waals surface area contributed by atoms with Gasteiger partial charge in [0.1, 0.15) is 0 Å². The Hall–Kier alpha value is -2.18. The molecule has 0 heterocycles. The minimum Gasteiger partial charge on any atom is -0.466 e. The Labute approximate surface area is 614 Å². The summed E-state index contributed by atoms with van der Waals surface area (Å²) in [5.74, 6) is -0.0391. The fourth-order valence-corrected chi connectivity index (χ4v) is 14.3. The van der Waals surface area contributed by atoms with Gasteiger partial charge in [0.2, 0.25) is 5.91 Å². The monoisotopic (exact) mass is 1370 g/mol. The lowest BCUT2D eigenvalue weighted by molar-refractivity contribution is -0.143. The Kier molecular flexibility index (Phi) is 85.3. The number of aliphatic hydroxyl groups excluding tert-OH is 2. The SMILES string of the molecule is CCCCC/C=C\C/C=C\CCCCCCCCCCCC(=O)OCCCCCCCCCCCCCCCCCCCC/C=C\CCCCCCCCCCCCCCCCCCCC(=O)NC(CO)C(O)/C=C/CCCCCCCCCCCCCCCCCCCCCCC. The first-order valence-corrected chi connectivity index (χ1v) is 44.9. The molecule has 0 aromatic carbocycles. The summed E-state index contributed by atoms with van der Waals surface area (Å²) in [6.45, 7) is 4.94. The van der Waals surface area contributed by atoms with Gasteiger partial charge in [-0.2, -0.15) is 0 Å². The average molecular weight is 1380 g/mol. The minimum absolute atomic E-state index is 0.0193. The van der Waals surface area contributed by atoms with Crippen LogP contribution in [0.15, 0.2) is 48.6 Å². The first-order valence-electron chi connectivity index (χ1n) is 44.9. The molecule has 0 radical (unpaired) electrons. The quantitative estimate of drug-likeness (QED) is 0.0320. The number of aliphatic hydroxyl groups is 2. The van der Waals surface area contributed by atoms with Gasteiger partial charge in [-0.3, -0.25) is 9.59 Å². The van der Waals surface area contributed by atoms with Crippen LogP contribution in [0.5, 0.6) is 0 Å². The maximum absolute atomic E-state index is 12.6. The third-order valence-corrected chi connectivity index (χ3v) is 21.1. The molecule has 0 spiro atoms. The Bertz CT molecular complexity index is 1640. The van der Waals surface area contributed by atoms with Gasteiger partial charge in [0.05, 0.1) is 25.4 Å². The van der Waals surface area contributed by atoms with E-state index in [1.807, 2.05) is 6.08 Å². The second-order valence-electron chi connectivity index (χ2n) is 30.9. The third kappa shape index (κ3) is 82.8. The van der Waals surface area contributed by atoms with Crippen LogP contribution in [0.2, 0.25) is 0 Å². The van der Waals surface area contributed by atoms with Crippen LogP contribution in [0.3, 0.4) is 0 Å². The van der Waals surface area contributed by atoms with Crippen LogP contribution < -0.4 is 5.32 Å². The molecule has 0 aliphatic rings. The van der Waals surface area contributed by atoms with Gasteiger partial charge in [0.25, 0.3) is 0 Å². The van der Waals surface area contributed by atoms with Crippen molar-refractivity contribution in [1.82, 2.24) is 5.32 Å². The zero-order valence-electron chi connectivity index (χ0n) is 66.5. The van der Waals surface area contributed by atoms with Gasteiger partial charge in [-0.05, 0) is 89.9 Å². The summed E-state index contributed by atoms with van der Waals surface area (Å²) in [7, 11) is 0. The highest BCUT2D eigenvalue weighted by molar-refractivity contribution is 5.76. The fraction of sp³-hybridized carbons (Fsp3) is 0.891. The van der Waals surface area contributed by atoms with Crippen molar-refractivity contribution in [2.45, 2.75) is 514 Å². The third-order valence-electron chi connectivity index (χ3n) is 21.1. The van der Waals surface area contributed by atoms with E-state index in [1.54, 1.807) is 6.08 Å². The van der Waals surface area contributed by atoms with Gasteiger partial charge in [-0.25, -0.2) is 0 Å². The molecule has 6 nitrogen and oxygen atoms in total. The van der Waals surface area contributed by atoms with Crippen LogP contribution in [0.25, 0.3) is 0 Å². The van der Waals surface area contributed by atoms with Gasteiger partial charge in [0.15, 0.2) is 0 Å². The Balaban J connectivity index is 3.34. The van der Waals surface area contributed by atoms with Crippen LogP contribution in [0, 0.1) is 0 Å². The molecule has 0 fully saturated rings. The number of esters is 1. The molecule has 578 valence electrons. The lowest BCUT2D eigenvalue weighted by Gasteiger charge is -2.20. The summed E-state index contributed by atoms with van der Waals surface area (Å²) in [6, 6.07) is -0.626. The van der Waals surface area contributed by atoms with Crippen molar-refractivity contribution in [2.24, 2.45) is 0 Å². The van der Waals surface area contributed by atoms with Crippen molar-refractivity contribution in [2.75, 3.05) is 13.2 Å². The van der Waals surface area contributed by atoms with Gasteiger partial charge in [-0.15, -0.1) is 0 Å². The highest BCUT2D eigenvalue weighted by Crippen LogP contribution is 2.21. The van der Waals surface area contributed by atoms with Gasteiger partial charge < -0.3 is 20.3 Å². The van der Waals surface area contributed by atoms with Crippen LogP contribution >= 0.6 is 0 Å². The smallest absolute Gasteiger partial charge is 0.305 e. The molecule has 6 heteroatoms. The van der Waals surface area contributed by atoms with Crippen LogP contribution in [0.1, 0.15) is 502 Å². The lowest BCUT2D eigenvalue weighted by atomic mass is 10.0. The maximum Gasteiger partial charge on any atom is 0.305 e. The number of hydrogen-bond acceptors (Lipinski definition) is 5. The van der Waals surface area contributed by atoms with Gasteiger partial charge >= 0.3 is 5.97 Å². The van der Waals surface area contributed by atoms with E-state index in [-0.39, 0.29) is 18.5 Å². The number of ether oxygens (including phenoxy) is 1. The number of unbranched alkanes of at least 4 members (excludes halogenated alkanes) is 68. The summed E-state index contributed by atoms with van der Waals surface area (Å²) in [5, 5.41) is 23.3. The Morgan fingerprint density at radius 1 is 0.286 bits per heavy atom. The van der Waals surface area contributed by atoms with Crippen molar-refractivity contribution in [3.05, 3.63) is 48.6 Å². The highest BCUT2D eigenvalue weighted by Gasteiger charge is 2.18. The largest absolute Gasteiger partial charge is 0.466 e. The number of carbonyl (C=O) groups excluding carboxylic acids is 2. The topological polar surface area (TPSA) is 95.9 Å². The zero-order chi connectivity index (χ0) is 70.5. The predicted octanol–water partition coefficient (Wildman–Crippen LogP) is 30.3. The number of carbonyl (C=O) groups is 2. The Morgan fingerprint density at radius 2 is 0.510 bits per heavy atom. The van der Waals surface area contributed by atoms with Crippen LogP contribution in [-0.2, 0) is 14.3 Å². The van der Waals surface area contributed by atoms with E-state index in [4.69, 9.17) is 4.74 Å². The first-order chi connectivity index (χ1) is 48.5. The molecule has 0 rings (SSSR count). The van der Waals surface area contributed by atoms with E-state index >= 15 is 0 Å². The van der Waals surface area contributed by atoms with E-state index in [0.29, 0.717) is 19.4 Å². The van der Waals surface area contributed by atoms with Crippen LogP contribution in [0.4, 0.5) is 0 Å². The molecule has 0 aromatic heterocycles. The second-order valence-corrected chi connectivity index (χ2v) is 30.9. The summed E-state index contributed by atoms with van der Waals surface area (Å²) >= 11 is 0. The van der Waals surface area contributed by atoms with E-state index in [0.717, 1.165) is 44.9 Å². The summed E-state index contributed by atoms with van der Waals surface area (Å²) in [5.41, 5.74) is 0. The lowest BCUT2D eigenvalue weighted by Crippen LogP contribution is -2.45. The average Bonchev–Trinajstić information content (AvgIpc) is 1.77. The predicted molar refractivity (Wildman–Crippen MR) is 435 cm³/mol. The minimum atomic E-state index is -0.843. The first kappa shape index (κ1) is 95.8. The number of rotatable bonds is 85. The molecule has 0 aromatic rings. The molecule has 2 atom stereocenters. The van der Waals surface area contributed by atoms with Crippen molar-refractivity contribution in [3.63, 3.8) is 0 Å².